The SMILES string of the molecule is O=C(CCC1CCCC1)N1CCN(c2ncnc3c2oc2ccccc23)CC1. The van der Waals surface area contributed by atoms with Crippen molar-refractivity contribution in [1.82, 2.24) is 14.9 Å². The molecule has 0 spiro atoms. The minimum Gasteiger partial charge on any atom is -0.450 e. The number of hydrogen-bond donors (Lipinski definition) is 0. The lowest BCUT2D eigenvalue weighted by molar-refractivity contribution is -0.131. The maximum absolute atomic E-state index is 12.6. The van der Waals surface area contributed by atoms with Gasteiger partial charge in [0.2, 0.25) is 5.91 Å². The lowest BCUT2D eigenvalue weighted by Gasteiger charge is -2.35. The fraction of sp³-hybridized carbons (Fsp3) is 0.500. The van der Waals surface area contributed by atoms with Crippen LogP contribution < -0.4 is 4.90 Å². The number of rotatable bonds is 4. The van der Waals surface area contributed by atoms with Crippen LogP contribution in [0.5, 0.6) is 0 Å². The summed E-state index contributed by atoms with van der Waals surface area (Å²) >= 11 is 0. The van der Waals surface area contributed by atoms with Crippen LogP contribution in [-0.4, -0.2) is 47.0 Å². The number of para-hydroxylation sites is 1. The molecule has 1 aliphatic heterocycles. The normalized spacial score (nSPS) is 18.4. The van der Waals surface area contributed by atoms with Crippen LogP contribution in [0.2, 0.25) is 0 Å². The molecular formula is C22H26N4O2. The van der Waals surface area contributed by atoms with E-state index in [9.17, 15) is 4.79 Å². The molecule has 1 aromatic carbocycles. The first-order valence-electron chi connectivity index (χ1n) is 10.4. The molecule has 3 aromatic rings. The lowest BCUT2D eigenvalue weighted by atomic mass is 10.0. The van der Waals surface area contributed by atoms with E-state index in [-0.39, 0.29) is 0 Å². The predicted molar refractivity (Wildman–Crippen MR) is 109 cm³/mol. The number of amides is 1. The van der Waals surface area contributed by atoms with Gasteiger partial charge >= 0.3 is 0 Å². The van der Waals surface area contributed by atoms with Crippen molar-refractivity contribution in [3.05, 3.63) is 30.6 Å². The molecular weight excluding hydrogens is 352 g/mol. The summed E-state index contributed by atoms with van der Waals surface area (Å²) in [5.41, 5.74) is 2.43. The van der Waals surface area contributed by atoms with Crippen LogP contribution in [0.4, 0.5) is 5.82 Å². The van der Waals surface area contributed by atoms with Crippen molar-refractivity contribution in [2.45, 2.75) is 38.5 Å². The molecule has 6 heteroatoms. The van der Waals surface area contributed by atoms with Gasteiger partial charge in [-0.2, -0.15) is 0 Å². The molecule has 5 rings (SSSR count). The highest BCUT2D eigenvalue weighted by molar-refractivity contribution is 6.05. The van der Waals surface area contributed by atoms with E-state index >= 15 is 0 Å². The Morgan fingerprint density at radius 3 is 2.68 bits per heavy atom. The number of benzene rings is 1. The Hall–Kier alpha value is -2.63. The molecule has 2 aliphatic rings. The van der Waals surface area contributed by atoms with E-state index in [1.807, 2.05) is 29.2 Å². The van der Waals surface area contributed by atoms with E-state index in [0.717, 1.165) is 66.4 Å². The van der Waals surface area contributed by atoms with E-state index < -0.39 is 0 Å². The molecule has 6 nitrogen and oxygen atoms in total. The van der Waals surface area contributed by atoms with Crippen molar-refractivity contribution in [3.8, 4) is 0 Å². The first-order valence-corrected chi connectivity index (χ1v) is 10.4. The second kappa shape index (κ2) is 7.41. The average Bonchev–Trinajstić information content (AvgIpc) is 3.39. The third-order valence-electron chi connectivity index (χ3n) is 6.31. The first-order chi connectivity index (χ1) is 13.8. The van der Waals surface area contributed by atoms with Gasteiger partial charge in [0, 0.05) is 38.0 Å². The summed E-state index contributed by atoms with van der Waals surface area (Å²) in [6, 6.07) is 7.95. The minimum atomic E-state index is 0.308. The maximum atomic E-state index is 12.6. The number of furan rings is 1. The lowest BCUT2D eigenvalue weighted by Crippen LogP contribution is -2.49. The van der Waals surface area contributed by atoms with E-state index in [4.69, 9.17) is 4.42 Å². The molecule has 1 amide bonds. The molecule has 2 aromatic heterocycles. The zero-order valence-electron chi connectivity index (χ0n) is 16.1. The Morgan fingerprint density at radius 2 is 1.86 bits per heavy atom. The van der Waals surface area contributed by atoms with Gasteiger partial charge < -0.3 is 14.2 Å². The van der Waals surface area contributed by atoms with Crippen molar-refractivity contribution >= 4 is 33.8 Å². The summed E-state index contributed by atoms with van der Waals surface area (Å²) < 4.78 is 6.06. The zero-order valence-corrected chi connectivity index (χ0v) is 16.1. The second-order valence-electron chi connectivity index (χ2n) is 8.03. The summed E-state index contributed by atoms with van der Waals surface area (Å²) in [6.45, 7) is 3.04. The molecule has 3 heterocycles. The number of nitrogens with zero attached hydrogens (tertiary/aromatic N) is 4. The van der Waals surface area contributed by atoms with Gasteiger partial charge in [0.05, 0.1) is 0 Å². The highest BCUT2D eigenvalue weighted by atomic mass is 16.3. The van der Waals surface area contributed by atoms with Crippen molar-refractivity contribution < 1.29 is 9.21 Å². The Kier molecular flexibility index (Phi) is 4.63. The number of carbonyl (C=O) groups is 1. The number of piperazine rings is 1. The minimum absolute atomic E-state index is 0.308. The van der Waals surface area contributed by atoms with Gasteiger partial charge in [-0.15, -0.1) is 0 Å². The quantitative estimate of drug-likeness (QED) is 0.687. The average molecular weight is 378 g/mol. The van der Waals surface area contributed by atoms with E-state index in [2.05, 4.69) is 14.9 Å². The molecule has 1 saturated heterocycles. The highest BCUT2D eigenvalue weighted by Crippen LogP contribution is 2.32. The first kappa shape index (κ1) is 17.5. The monoisotopic (exact) mass is 378 g/mol. The molecule has 1 aliphatic carbocycles. The van der Waals surface area contributed by atoms with Gasteiger partial charge in [0.25, 0.3) is 0 Å². The van der Waals surface area contributed by atoms with Crippen LogP contribution in [0, 0.1) is 5.92 Å². The van der Waals surface area contributed by atoms with E-state index in [0.29, 0.717) is 12.3 Å². The standard InChI is InChI=1S/C22H26N4O2/c27-19(10-9-16-5-1-2-6-16)25-11-13-26(14-12-25)22-21-20(23-15-24-22)17-7-3-4-8-18(17)28-21/h3-4,7-8,15-16H,1-2,5-6,9-14H2. The van der Waals surface area contributed by atoms with Gasteiger partial charge in [-0.05, 0) is 24.5 Å². The van der Waals surface area contributed by atoms with Gasteiger partial charge in [0.1, 0.15) is 17.4 Å². The third kappa shape index (κ3) is 3.21. The Balaban J connectivity index is 1.27. The van der Waals surface area contributed by atoms with Crippen molar-refractivity contribution in [1.29, 1.82) is 0 Å². The summed E-state index contributed by atoms with van der Waals surface area (Å²) in [4.78, 5) is 25.8. The number of carbonyl (C=O) groups excluding carboxylic acids is 1. The van der Waals surface area contributed by atoms with Gasteiger partial charge in [0.15, 0.2) is 11.4 Å². The summed E-state index contributed by atoms with van der Waals surface area (Å²) in [5.74, 6) is 1.91. The van der Waals surface area contributed by atoms with E-state index in [1.54, 1.807) is 6.33 Å². The van der Waals surface area contributed by atoms with Crippen molar-refractivity contribution in [2.24, 2.45) is 5.92 Å². The smallest absolute Gasteiger partial charge is 0.222 e. The molecule has 1 saturated carbocycles. The van der Waals surface area contributed by atoms with Crippen LogP contribution in [0.1, 0.15) is 38.5 Å². The second-order valence-corrected chi connectivity index (χ2v) is 8.03. The number of aromatic nitrogens is 2. The van der Waals surface area contributed by atoms with Gasteiger partial charge in [-0.3, -0.25) is 4.79 Å². The molecule has 146 valence electrons. The number of hydrogen-bond acceptors (Lipinski definition) is 5. The van der Waals surface area contributed by atoms with Crippen LogP contribution in [0.15, 0.2) is 35.0 Å². The molecule has 28 heavy (non-hydrogen) atoms. The Bertz CT molecular complexity index is 985. The summed E-state index contributed by atoms with van der Waals surface area (Å²) in [6.07, 6.45) is 8.67. The van der Waals surface area contributed by atoms with Crippen molar-refractivity contribution in [2.75, 3.05) is 31.1 Å². The van der Waals surface area contributed by atoms with Crippen molar-refractivity contribution in [3.63, 3.8) is 0 Å². The summed E-state index contributed by atoms with van der Waals surface area (Å²) in [7, 11) is 0. The molecule has 0 unspecified atom stereocenters. The van der Waals surface area contributed by atoms with E-state index in [1.165, 1.54) is 25.7 Å². The molecule has 2 fully saturated rings. The molecule has 0 N–H and O–H groups in total. The van der Waals surface area contributed by atoms with Crippen LogP contribution in [0.25, 0.3) is 22.1 Å². The fourth-order valence-corrected chi connectivity index (χ4v) is 4.69. The van der Waals surface area contributed by atoms with Crippen LogP contribution >= 0.6 is 0 Å². The van der Waals surface area contributed by atoms with Crippen LogP contribution in [0.3, 0.4) is 0 Å². The third-order valence-corrected chi connectivity index (χ3v) is 6.31. The van der Waals surface area contributed by atoms with Gasteiger partial charge in [-0.25, -0.2) is 9.97 Å². The number of fused-ring (bicyclic) bond motifs is 3. The largest absolute Gasteiger partial charge is 0.450 e. The molecule has 0 bridgehead atoms. The van der Waals surface area contributed by atoms with Gasteiger partial charge in [-0.1, -0.05) is 37.8 Å². The topological polar surface area (TPSA) is 62.5 Å². The number of anilines is 1. The van der Waals surface area contributed by atoms with Crippen LogP contribution in [-0.2, 0) is 4.79 Å². The molecule has 0 atom stereocenters. The predicted octanol–water partition coefficient (Wildman–Crippen LogP) is 4.00. The summed E-state index contributed by atoms with van der Waals surface area (Å²) in [5, 5.41) is 1.02. The Morgan fingerprint density at radius 1 is 1.07 bits per heavy atom. The fourth-order valence-electron chi connectivity index (χ4n) is 4.69. The highest BCUT2D eigenvalue weighted by Gasteiger charge is 2.25. The molecule has 0 radical (unpaired) electrons. The Labute approximate surface area is 164 Å². The zero-order chi connectivity index (χ0) is 18.9. The maximum Gasteiger partial charge on any atom is 0.222 e.